The van der Waals surface area contributed by atoms with Gasteiger partial charge in [-0.15, -0.1) is 0 Å². The lowest BCUT2D eigenvalue weighted by molar-refractivity contribution is -0.141. The van der Waals surface area contributed by atoms with Crippen molar-refractivity contribution in [2.75, 3.05) is 6.54 Å². The van der Waals surface area contributed by atoms with Crippen molar-refractivity contribution in [3.05, 3.63) is 71.8 Å². The minimum Gasteiger partial charge on any atom is -0.481 e. The lowest BCUT2D eigenvalue weighted by Crippen LogP contribution is -2.35. The van der Waals surface area contributed by atoms with Crippen LogP contribution in [-0.2, 0) is 16.0 Å². The molecule has 2 rings (SSSR count). The zero-order valence-electron chi connectivity index (χ0n) is 13.8. The number of amides is 1. The monoisotopic (exact) mass is 325 g/mol. The van der Waals surface area contributed by atoms with Gasteiger partial charge in [0.15, 0.2) is 0 Å². The minimum atomic E-state index is -0.907. The molecule has 4 heteroatoms. The summed E-state index contributed by atoms with van der Waals surface area (Å²) in [6.45, 7) is 1.73. The van der Waals surface area contributed by atoms with Crippen LogP contribution in [0.5, 0.6) is 0 Å². The smallest absolute Gasteiger partial charge is 0.308 e. The first-order valence-electron chi connectivity index (χ1n) is 8.17. The normalized spacial score (nSPS) is 13.0. The molecule has 4 nitrogen and oxygen atoms in total. The number of rotatable bonds is 8. The molecule has 126 valence electrons. The Balaban J connectivity index is 2.05. The molecule has 0 spiro atoms. The number of aliphatic carboxylic acids is 1. The fourth-order valence-electron chi connectivity index (χ4n) is 2.55. The molecule has 0 aliphatic rings. The van der Waals surface area contributed by atoms with Crippen molar-refractivity contribution in [2.45, 2.75) is 25.7 Å². The van der Waals surface area contributed by atoms with Crippen LogP contribution < -0.4 is 5.32 Å². The Morgan fingerprint density at radius 2 is 1.58 bits per heavy atom. The summed E-state index contributed by atoms with van der Waals surface area (Å²) in [6, 6.07) is 19.7. The lowest BCUT2D eigenvalue weighted by Gasteiger charge is -2.18. The fourth-order valence-corrected chi connectivity index (χ4v) is 2.55. The van der Waals surface area contributed by atoms with Crippen molar-refractivity contribution in [3.8, 4) is 0 Å². The van der Waals surface area contributed by atoms with Crippen molar-refractivity contribution in [2.24, 2.45) is 5.92 Å². The third kappa shape index (κ3) is 5.23. The summed E-state index contributed by atoms with van der Waals surface area (Å²) in [6.07, 6.45) is 1.48. The number of hydrogen-bond donors (Lipinski definition) is 2. The molecule has 0 fully saturated rings. The summed E-state index contributed by atoms with van der Waals surface area (Å²) in [7, 11) is 0. The van der Waals surface area contributed by atoms with Gasteiger partial charge in [-0.1, -0.05) is 67.6 Å². The molecule has 2 aromatic rings. The van der Waals surface area contributed by atoms with E-state index in [-0.39, 0.29) is 18.4 Å². The molecule has 0 bridgehead atoms. The van der Waals surface area contributed by atoms with Gasteiger partial charge in [-0.3, -0.25) is 9.59 Å². The van der Waals surface area contributed by atoms with Crippen LogP contribution in [0.15, 0.2) is 60.7 Å². The van der Waals surface area contributed by atoms with Gasteiger partial charge in [0.25, 0.3) is 0 Å². The first kappa shape index (κ1) is 17.7. The van der Waals surface area contributed by atoms with Crippen LogP contribution in [0.2, 0.25) is 0 Å². The van der Waals surface area contributed by atoms with Crippen molar-refractivity contribution < 1.29 is 14.7 Å². The highest BCUT2D eigenvalue weighted by molar-refractivity contribution is 5.84. The van der Waals surface area contributed by atoms with E-state index in [1.807, 2.05) is 60.7 Å². The first-order valence-corrected chi connectivity index (χ1v) is 8.17. The third-order valence-corrected chi connectivity index (χ3v) is 4.09. The largest absolute Gasteiger partial charge is 0.481 e. The second kappa shape index (κ2) is 8.87. The van der Waals surface area contributed by atoms with Gasteiger partial charge in [-0.2, -0.15) is 0 Å². The van der Waals surface area contributed by atoms with Crippen molar-refractivity contribution in [3.63, 3.8) is 0 Å². The summed E-state index contributed by atoms with van der Waals surface area (Å²) < 4.78 is 0. The van der Waals surface area contributed by atoms with Gasteiger partial charge in [0.05, 0.1) is 11.8 Å². The Kier molecular flexibility index (Phi) is 6.55. The SMILES string of the molecule is CC(CNC(=O)C(CCc1ccccc1)c1ccccc1)C(=O)O. The molecule has 2 atom stereocenters. The third-order valence-electron chi connectivity index (χ3n) is 4.09. The number of aryl methyl sites for hydroxylation is 1. The van der Waals surface area contributed by atoms with Gasteiger partial charge >= 0.3 is 5.97 Å². The van der Waals surface area contributed by atoms with Crippen molar-refractivity contribution in [1.82, 2.24) is 5.32 Å². The maximum Gasteiger partial charge on any atom is 0.308 e. The average molecular weight is 325 g/mol. The molecule has 2 N–H and O–H groups in total. The standard InChI is InChI=1S/C20H23NO3/c1-15(20(23)24)14-21-19(22)18(17-10-6-3-7-11-17)13-12-16-8-4-2-5-9-16/h2-11,15,18H,12-14H2,1H3,(H,21,22)(H,23,24). The zero-order chi connectivity index (χ0) is 17.4. The average Bonchev–Trinajstić information content (AvgIpc) is 2.61. The number of hydrogen-bond acceptors (Lipinski definition) is 2. The molecule has 2 unspecified atom stereocenters. The number of benzene rings is 2. The van der Waals surface area contributed by atoms with E-state index in [2.05, 4.69) is 5.32 Å². The van der Waals surface area contributed by atoms with Gasteiger partial charge in [0, 0.05) is 6.54 Å². The lowest BCUT2D eigenvalue weighted by atomic mass is 9.91. The molecule has 0 saturated heterocycles. The predicted molar refractivity (Wildman–Crippen MR) is 93.8 cm³/mol. The van der Waals surface area contributed by atoms with Crippen LogP contribution in [0.1, 0.15) is 30.4 Å². The Morgan fingerprint density at radius 3 is 2.17 bits per heavy atom. The van der Waals surface area contributed by atoms with E-state index in [0.29, 0.717) is 6.42 Å². The van der Waals surface area contributed by atoms with Crippen LogP contribution in [0.4, 0.5) is 0 Å². The summed E-state index contributed by atoms with van der Waals surface area (Å²) >= 11 is 0. The molecule has 0 radical (unpaired) electrons. The molecule has 0 aromatic heterocycles. The highest BCUT2D eigenvalue weighted by atomic mass is 16.4. The quantitative estimate of drug-likeness (QED) is 0.783. The maximum absolute atomic E-state index is 12.6. The number of carbonyl (C=O) groups excluding carboxylic acids is 1. The number of carbonyl (C=O) groups is 2. The van der Waals surface area contributed by atoms with Crippen LogP contribution >= 0.6 is 0 Å². The van der Waals surface area contributed by atoms with Gasteiger partial charge < -0.3 is 10.4 Å². The Hall–Kier alpha value is -2.62. The van der Waals surface area contributed by atoms with Gasteiger partial charge in [0.1, 0.15) is 0 Å². The second-order valence-electron chi connectivity index (χ2n) is 5.97. The van der Waals surface area contributed by atoms with Crippen LogP contribution in [0, 0.1) is 5.92 Å². The highest BCUT2D eigenvalue weighted by Gasteiger charge is 2.21. The fraction of sp³-hybridized carbons (Fsp3) is 0.300. The van der Waals surface area contributed by atoms with Gasteiger partial charge in [-0.05, 0) is 24.0 Å². The van der Waals surface area contributed by atoms with E-state index in [1.165, 1.54) is 5.56 Å². The van der Waals surface area contributed by atoms with E-state index in [4.69, 9.17) is 5.11 Å². The molecule has 0 aliphatic heterocycles. The van der Waals surface area contributed by atoms with E-state index >= 15 is 0 Å². The van der Waals surface area contributed by atoms with Gasteiger partial charge in [0.2, 0.25) is 5.91 Å². The first-order chi connectivity index (χ1) is 11.6. The van der Waals surface area contributed by atoms with E-state index in [9.17, 15) is 9.59 Å². The molecule has 0 heterocycles. The Labute approximate surface area is 142 Å². The van der Waals surface area contributed by atoms with E-state index < -0.39 is 11.9 Å². The summed E-state index contributed by atoms with van der Waals surface area (Å²) in [4.78, 5) is 23.5. The molecule has 24 heavy (non-hydrogen) atoms. The molecule has 2 aromatic carbocycles. The molecule has 1 amide bonds. The van der Waals surface area contributed by atoms with Gasteiger partial charge in [-0.25, -0.2) is 0 Å². The molecule has 0 saturated carbocycles. The zero-order valence-corrected chi connectivity index (χ0v) is 13.8. The number of nitrogens with one attached hydrogen (secondary N) is 1. The van der Waals surface area contributed by atoms with E-state index in [1.54, 1.807) is 6.92 Å². The topological polar surface area (TPSA) is 66.4 Å². The van der Waals surface area contributed by atoms with Crippen molar-refractivity contribution >= 4 is 11.9 Å². The summed E-state index contributed by atoms with van der Waals surface area (Å²) in [5, 5.41) is 11.7. The minimum absolute atomic E-state index is 0.120. The molecular weight excluding hydrogens is 302 g/mol. The van der Waals surface area contributed by atoms with Crippen LogP contribution in [-0.4, -0.2) is 23.5 Å². The van der Waals surface area contributed by atoms with Crippen LogP contribution in [0.25, 0.3) is 0 Å². The highest BCUT2D eigenvalue weighted by Crippen LogP contribution is 2.22. The summed E-state index contributed by atoms with van der Waals surface area (Å²) in [5.74, 6) is -1.91. The Morgan fingerprint density at radius 1 is 1.00 bits per heavy atom. The summed E-state index contributed by atoms with van der Waals surface area (Å²) in [5.41, 5.74) is 2.14. The Bertz CT molecular complexity index is 655. The van der Waals surface area contributed by atoms with Crippen molar-refractivity contribution in [1.29, 1.82) is 0 Å². The number of carboxylic acids is 1. The number of carboxylic acid groups (broad SMARTS) is 1. The predicted octanol–water partition coefficient (Wildman–Crippen LogP) is 3.24. The molecule has 0 aliphatic carbocycles. The van der Waals surface area contributed by atoms with E-state index in [0.717, 1.165) is 12.0 Å². The molecular formula is C20H23NO3. The maximum atomic E-state index is 12.6. The second-order valence-corrected chi connectivity index (χ2v) is 5.97. The van der Waals surface area contributed by atoms with Crippen LogP contribution in [0.3, 0.4) is 0 Å².